The van der Waals surface area contributed by atoms with Crippen LogP contribution in [0.25, 0.3) is 0 Å². The summed E-state index contributed by atoms with van der Waals surface area (Å²) >= 11 is 0. The van der Waals surface area contributed by atoms with Crippen molar-refractivity contribution in [2.75, 3.05) is 26.3 Å². The standard InChI is InChI=1S/C14H25NO2/c1-12(11-13-5-3-2-4-6-13)14(16)15-7-9-17-10-8-15/h12-13H,2-11H2,1H3. The van der Waals surface area contributed by atoms with Crippen LogP contribution in [0, 0.1) is 11.8 Å². The molecule has 0 bridgehead atoms. The van der Waals surface area contributed by atoms with Crippen molar-refractivity contribution in [3.63, 3.8) is 0 Å². The zero-order valence-electron chi connectivity index (χ0n) is 11.0. The molecule has 3 nitrogen and oxygen atoms in total. The Hall–Kier alpha value is -0.570. The minimum absolute atomic E-state index is 0.205. The Labute approximate surface area is 105 Å². The topological polar surface area (TPSA) is 29.5 Å². The predicted molar refractivity (Wildman–Crippen MR) is 67.8 cm³/mol. The summed E-state index contributed by atoms with van der Waals surface area (Å²) in [5, 5.41) is 0. The second-order valence-corrected chi connectivity index (χ2v) is 5.58. The van der Waals surface area contributed by atoms with Gasteiger partial charge in [-0.15, -0.1) is 0 Å². The third-order valence-electron chi connectivity index (χ3n) is 4.16. The van der Waals surface area contributed by atoms with E-state index in [1.807, 2.05) is 4.90 Å². The Morgan fingerprint density at radius 2 is 1.88 bits per heavy atom. The van der Waals surface area contributed by atoms with Gasteiger partial charge in [-0.05, 0) is 12.3 Å². The summed E-state index contributed by atoms with van der Waals surface area (Å²) in [7, 11) is 0. The fourth-order valence-corrected chi connectivity index (χ4v) is 3.12. The lowest BCUT2D eigenvalue weighted by molar-refractivity contribution is -0.139. The van der Waals surface area contributed by atoms with E-state index in [1.165, 1.54) is 32.1 Å². The van der Waals surface area contributed by atoms with E-state index in [0.717, 1.165) is 25.4 Å². The molecule has 0 aromatic rings. The highest BCUT2D eigenvalue weighted by Gasteiger charge is 2.25. The van der Waals surface area contributed by atoms with Gasteiger partial charge in [0.15, 0.2) is 0 Å². The quantitative estimate of drug-likeness (QED) is 0.757. The van der Waals surface area contributed by atoms with Gasteiger partial charge in [-0.3, -0.25) is 4.79 Å². The van der Waals surface area contributed by atoms with Crippen molar-refractivity contribution < 1.29 is 9.53 Å². The van der Waals surface area contributed by atoms with Crippen LogP contribution in [0.4, 0.5) is 0 Å². The third-order valence-corrected chi connectivity index (χ3v) is 4.16. The van der Waals surface area contributed by atoms with Gasteiger partial charge in [0.05, 0.1) is 13.2 Å². The highest BCUT2D eigenvalue weighted by Crippen LogP contribution is 2.29. The van der Waals surface area contributed by atoms with Crippen LogP contribution in [0.5, 0.6) is 0 Å². The highest BCUT2D eigenvalue weighted by molar-refractivity contribution is 5.78. The molecule has 1 heterocycles. The van der Waals surface area contributed by atoms with Gasteiger partial charge in [0, 0.05) is 19.0 Å². The minimum atomic E-state index is 0.205. The molecule has 0 N–H and O–H groups in total. The summed E-state index contributed by atoms with van der Waals surface area (Å²) in [6, 6.07) is 0. The lowest BCUT2D eigenvalue weighted by Gasteiger charge is -2.31. The Kier molecular flexibility index (Phi) is 4.84. The Morgan fingerprint density at radius 3 is 2.53 bits per heavy atom. The molecule has 0 aromatic carbocycles. The largest absolute Gasteiger partial charge is 0.378 e. The maximum atomic E-state index is 12.2. The Bertz CT molecular complexity index is 243. The number of hydrogen-bond acceptors (Lipinski definition) is 2. The second-order valence-electron chi connectivity index (χ2n) is 5.58. The number of nitrogens with zero attached hydrogens (tertiary/aromatic N) is 1. The average molecular weight is 239 g/mol. The van der Waals surface area contributed by atoms with Gasteiger partial charge in [-0.25, -0.2) is 0 Å². The zero-order chi connectivity index (χ0) is 12.1. The monoisotopic (exact) mass is 239 g/mol. The zero-order valence-corrected chi connectivity index (χ0v) is 11.0. The van der Waals surface area contributed by atoms with Crippen molar-refractivity contribution in [3.05, 3.63) is 0 Å². The first-order valence-electron chi connectivity index (χ1n) is 7.14. The lowest BCUT2D eigenvalue weighted by Crippen LogP contribution is -2.43. The number of hydrogen-bond donors (Lipinski definition) is 0. The first-order chi connectivity index (χ1) is 8.27. The van der Waals surface area contributed by atoms with E-state index in [4.69, 9.17) is 4.74 Å². The van der Waals surface area contributed by atoms with E-state index in [2.05, 4.69) is 6.92 Å². The molecule has 1 aliphatic heterocycles. The molecular weight excluding hydrogens is 214 g/mol. The first kappa shape index (κ1) is 12.9. The summed E-state index contributed by atoms with van der Waals surface area (Å²) < 4.78 is 5.29. The van der Waals surface area contributed by atoms with Crippen LogP contribution >= 0.6 is 0 Å². The van der Waals surface area contributed by atoms with Gasteiger partial charge < -0.3 is 9.64 Å². The molecule has 2 rings (SSSR count). The molecule has 1 saturated carbocycles. The van der Waals surface area contributed by atoms with Crippen molar-refractivity contribution in [3.8, 4) is 0 Å². The summed E-state index contributed by atoms with van der Waals surface area (Å²) in [6.45, 7) is 5.10. The van der Waals surface area contributed by atoms with Gasteiger partial charge >= 0.3 is 0 Å². The fourth-order valence-electron chi connectivity index (χ4n) is 3.12. The van der Waals surface area contributed by atoms with E-state index >= 15 is 0 Å². The molecule has 1 aliphatic carbocycles. The summed E-state index contributed by atoms with van der Waals surface area (Å²) in [4.78, 5) is 14.2. The van der Waals surface area contributed by atoms with Crippen LogP contribution in [0.3, 0.4) is 0 Å². The molecule has 98 valence electrons. The Balaban J connectivity index is 1.77. The molecule has 17 heavy (non-hydrogen) atoms. The number of rotatable bonds is 3. The van der Waals surface area contributed by atoms with E-state index in [0.29, 0.717) is 19.1 Å². The number of amides is 1. The van der Waals surface area contributed by atoms with Crippen LogP contribution in [0.2, 0.25) is 0 Å². The summed E-state index contributed by atoms with van der Waals surface area (Å²) in [5.41, 5.74) is 0. The van der Waals surface area contributed by atoms with Crippen LogP contribution in [-0.2, 0) is 9.53 Å². The van der Waals surface area contributed by atoms with Crippen molar-refractivity contribution in [1.29, 1.82) is 0 Å². The smallest absolute Gasteiger partial charge is 0.225 e. The molecule has 3 heteroatoms. The Morgan fingerprint density at radius 1 is 1.24 bits per heavy atom. The normalized spacial score (nSPS) is 24.6. The number of ether oxygens (including phenoxy) is 1. The van der Waals surface area contributed by atoms with Crippen molar-refractivity contribution in [2.45, 2.75) is 45.4 Å². The van der Waals surface area contributed by atoms with Gasteiger partial charge in [-0.1, -0.05) is 39.0 Å². The van der Waals surface area contributed by atoms with E-state index in [1.54, 1.807) is 0 Å². The van der Waals surface area contributed by atoms with E-state index in [9.17, 15) is 4.79 Å². The van der Waals surface area contributed by atoms with Crippen molar-refractivity contribution in [2.24, 2.45) is 11.8 Å². The van der Waals surface area contributed by atoms with E-state index < -0.39 is 0 Å². The fraction of sp³-hybridized carbons (Fsp3) is 0.929. The summed E-state index contributed by atoms with van der Waals surface area (Å²) in [5.74, 6) is 1.35. The molecule has 2 fully saturated rings. The van der Waals surface area contributed by atoms with Gasteiger partial charge in [0.2, 0.25) is 5.91 Å². The van der Waals surface area contributed by atoms with Crippen LogP contribution in [-0.4, -0.2) is 37.1 Å². The molecule has 2 aliphatic rings. The van der Waals surface area contributed by atoms with Crippen LogP contribution in [0.1, 0.15) is 45.4 Å². The molecule has 0 radical (unpaired) electrons. The van der Waals surface area contributed by atoms with Gasteiger partial charge in [0.1, 0.15) is 0 Å². The van der Waals surface area contributed by atoms with Crippen LogP contribution < -0.4 is 0 Å². The predicted octanol–water partition coefficient (Wildman–Crippen LogP) is 2.45. The lowest BCUT2D eigenvalue weighted by atomic mass is 9.83. The van der Waals surface area contributed by atoms with Gasteiger partial charge in [0.25, 0.3) is 0 Å². The maximum Gasteiger partial charge on any atom is 0.225 e. The minimum Gasteiger partial charge on any atom is -0.378 e. The summed E-state index contributed by atoms with van der Waals surface area (Å²) in [6.07, 6.45) is 7.88. The molecule has 1 saturated heterocycles. The maximum absolute atomic E-state index is 12.2. The molecule has 1 amide bonds. The average Bonchev–Trinajstić information content (AvgIpc) is 2.40. The molecule has 0 spiro atoms. The van der Waals surface area contributed by atoms with Crippen LogP contribution in [0.15, 0.2) is 0 Å². The highest BCUT2D eigenvalue weighted by atomic mass is 16.5. The second kappa shape index (κ2) is 6.39. The molecule has 1 unspecified atom stereocenters. The molecular formula is C14H25NO2. The third kappa shape index (κ3) is 3.70. The number of morpholine rings is 1. The number of carbonyl (C=O) groups excluding carboxylic acids is 1. The molecule has 1 atom stereocenters. The SMILES string of the molecule is CC(CC1CCCCC1)C(=O)N1CCOCC1. The van der Waals surface area contributed by atoms with Gasteiger partial charge in [-0.2, -0.15) is 0 Å². The molecule has 0 aromatic heterocycles. The van der Waals surface area contributed by atoms with Crippen molar-refractivity contribution in [1.82, 2.24) is 4.90 Å². The first-order valence-corrected chi connectivity index (χ1v) is 7.14. The van der Waals surface area contributed by atoms with Crippen molar-refractivity contribution >= 4 is 5.91 Å². The van der Waals surface area contributed by atoms with E-state index in [-0.39, 0.29) is 5.92 Å². The number of carbonyl (C=O) groups is 1.